The molecule has 0 radical (unpaired) electrons. The van der Waals surface area contributed by atoms with E-state index in [1.807, 2.05) is 6.07 Å². The van der Waals surface area contributed by atoms with E-state index < -0.39 is 32.5 Å². The van der Waals surface area contributed by atoms with E-state index in [1.165, 1.54) is 6.33 Å². The van der Waals surface area contributed by atoms with Gasteiger partial charge in [-0.1, -0.05) is 18.2 Å². The Balaban J connectivity index is 1.48. The fourth-order valence-corrected chi connectivity index (χ4v) is 7.29. The van der Waals surface area contributed by atoms with Crippen LogP contribution >= 0.6 is 8.53 Å². The fourth-order valence-electron chi connectivity index (χ4n) is 5.48. The SMILES string of the molecule is [2H]C[C@@]12CN(OC)[C@@H]([C@H](n3cnc4c(NC(=O)c5ccccc5)ncnc43)O1)[C@@H]2OP(OCC[N+]#[C-])N(C(C)C)C(C)C. The van der Waals surface area contributed by atoms with Crippen molar-refractivity contribution >= 4 is 31.4 Å². The standard InChI is InChI=1S/C28H37N8O5P/c1-18(2)36(19(3)4)42(39-14-13-29-6)41-23-22-27(40-28(23,5)15-35(22)38-7)34-17-32-21-24(30-16-31-25(21)34)33-26(37)20-11-9-8-10-12-20/h8-12,16-19,22-23,27H,13-15H2,1-5,7H3,(H,30,31,33,37)/t22-,23+,27-,28+,42?/m1/s1/i5D. The Hall–Kier alpha value is -3.08. The summed E-state index contributed by atoms with van der Waals surface area (Å²) in [6.45, 7) is 16.2. The second kappa shape index (κ2) is 12.7. The topological polar surface area (TPSA) is 120 Å². The highest BCUT2D eigenvalue weighted by atomic mass is 31.2. The van der Waals surface area contributed by atoms with Gasteiger partial charge in [-0.15, -0.1) is 0 Å². The molecule has 2 aliphatic heterocycles. The Morgan fingerprint density at radius 2 is 2.05 bits per heavy atom. The number of rotatable bonds is 12. The zero-order valence-electron chi connectivity index (χ0n) is 25.4. The van der Waals surface area contributed by atoms with Crippen molar-refractivity contribution < 1.29 is 24.8 Å². The zero-order valence-corrected chi connectivity index (χ0v) is 25.3. The van der Waals surface area contributed by atoms with Crippen molar-refractivity contribution in [1.29, 1.82) is 0 Å². The minimum atomic E-state index is -1.60. The van der Waals surface area contributed by atoms with Crippen molar-refractivity contribution in [3.8, 4) is 0 Å². The molecule has 5 atom stereocenters. The minimum absolute atomic E-state index is 0.0842. The van der Waals surface area contributed by atoms with Crippen molar-refractivity contribution in [2.45, 2.75) is 70.7 Å². The van der Waals surface area contributed by atoms with Crippen LogP contribution in [0.15, 0.2) is 43.0 Å². The van der Waals surface area contributed by atoms with Gasteiger partial charge in [0, 0.05) is 19.0 Å². The number of ether oxygens (including phenoxy) is 1. The Morgan fingerprint density at radius 3 is 2.71 bits per heavy atom. The predicted octanol–water partition coefficient (Wildman–Crippen LogP) is 4.28. The lowest BCUT2D eigenvalue weighted by Gasteiger charge is -2.37. The third-order valence-electron chi connectivity index (χ3n) is 7.22. The van der Waals surface area contributed by atoms with Crippen molar-refractivity contribution in [2.24, 2.45) is 0 Å². The quantitative estimate of drug-likeness (QED) is 0.184. The molecule has 5 rings (SSSR count). The van der Waals surface area contributed by atoms with E-state index in [9.17, 15) is 4.79 Å². The molecule has 1 aromatic carbocycles. The summed E-state index contributed by atoms with van der Waals surface area (Å²) in [5.74, 6) is -0.0430. The summed E-state index contributed by atoms with van der Waals surface area (Å²) in [5, 5.41) is 4.61. The molecule has 0 spiro atoms. The monoisotopic (exact) mass is 597 g/mol. The van der Waals surface area contributed by atoms with E-state index in [2.05, 4.69) is 57.5 Å². The third-order valence-corrected chi connectivity index (χ3v) is 9.33. The van der Waals surface area contributed by atoms with Crippen molar-refractivity contribution in [1.82, 2.24) is 29.3 Å². The molecule has 1 amide bonds. The second-order valence-electron chi connectivity index (χ2n) is 10.7. The van der Waals surface area contributed by atoms with Gasteiger partial charge in [-0.05, 0) is 46.7 Å². The van der Waals surface area contributed by atoms with E-state index >= 15 is 0 Å². The minimum Gasteiger partial charge on any atom is -0.346 e. The largest absolute Gasteiger partial charge is 0.346 e. The molecule has 42 heavy (non-hydrogen) atoms. The average Bonchev–Trinajstić information content (AvgIpc) is 3.66. The number of benzene rings is 1. The van der Waals surface area contributed by atoms with Crippen LogP contribution in [0.25, 0.3) is 16.0 Å². The summed E-state index contributed by atoms with van der Waals surface area (Å²) >= 11 is 0. The number of carbonyl (C=O) groups is 1. The van der Waals surface area contributed by atoms with E-state index in [4.69, 9.17) is 26.6 Å². The first-order valence-electron chi connectivity index (χ1n) is 14.5. The number of anilines is 1. The van der Waals surface area contributed by atoms with Gasteiger partial charge in [0.15, 0.2) is 23.2 Å². The Bertz CT molecular complexity index is 1450. The molecule has 2 aromatic heterocycles. The van der Waals surface area contributed by atoms with E-state index in [1.54, 1.807) is 47.3 Å². The predicted molar refractivity (Wildman–Crippen MR) is 157 cm³/mol. The average molecular weight is 598 g/mol. The molecule has 4 heterocycles. The first kappa shape index (κ1) is 29.0. The number of carbonyl (C=O) groups excluding carboxylic acids is 1. The summed E-state index contributed by atoms with van der Waals surface area (Å²) in [5.41, 5.74) is 0.315. The molecule has 2 aliphatic rings. The molecule has 2 bridgehead atoms. The van der Waals surface area contributed by atoms with Gasteiger partial charge >= 0.3 is 0 Å². The molecule has 1 N–H and O–H groups in total. The molecule has 0 aliphatic carbocycles. The van der Waals surface area contributed by atoms with Crippen LogP contribution in [0.4, 0.5) is 5.82 Å². The number of nitrogens with one attached hydrogen (secondary N) is 1. The highest BCUT2D eigenvalue weighted by Crippen LogP contribution is 2.56. The normalized spacial score (nSPS) is 24.9. The van der Waals surface area contributed by atoms with E-state index in [-0.39, 0.29) is 43.9 Å². The summed E-state index contributed by atoms with van der Waals surface area (Å²) in [6, 6.07) is 8.60. The van der Waals surface area contributed by atoms with Crippen LogP contribution in [-0.4, -0.2) is 91.8 Å². The number of imidazole rings is 1. The van der Waals surface area contributed by atoms with Gasteiger partial charge in [-0.25, -0.2) is 26.2 Å². The molecule has 3 aromatic rings. The lowest BCUT2D eigenvalue weighted by Crippen LogP contribution is -2.43. The maximum Gasteiger partial charge on any atom is 0.259 e. The van der Waals surface area contributed by atoms with Crippen LogP contribution in [0.1, 0.15) is 52.6 Å². The number of amides is 1. The van der Waals surface area contributed by atoms with Crippen LogP contribution < -0.4 is 5.32 Å². The highest BCUT2D eigenvalue weighted by Gasteiger charge is 2.64. The molecule has 2 fully saturated rings. The maximum atomic E-state index is 12.9. The Labute approximate surface area is 248 Å². The first-order valence-corrected chi connectivity index (χ1v) is 14.9. The van der Waals surface area contributed by atoms with Gasteiger partial charge < -0.3 is 28.8 Å². The summed E-state index contributed by atoms with van der Waals surface area (Å²) in [4.78, 5) is 35.4. The maximum absolute atomic E-state index is 12.9. The molecule has 2 saturated heterocycles. The third kappa shape index (κ3) is 5.76. The summed E-state index contributed by atoms with van der Waals surface area (Å²) < 4.78 is 32.1. The molecular weight excluding hydrogens is 559 g/mol. The number of hydrogen-bond acceptors (Lipinski definition) is 10. The second-order valence-corrected chi connectivity index (χ2v) is 12.1. The van der Waals surface area contributed by atoms with Gasteiger partial charge in [0.25, 0.3) is 14.4 Å². The van der Waals surface area contributed by atoms with Crippen molar-refractivity contribution in [3.63, 3.8) is 0 Å². The molecular formula is C28H37N8O5P. The van der Waals surface area contributed by atoms with Gasteiger partial charge in [0.1, 0.15) is 30.7 Å². The molecule has 1 unspecified atom stereocenters. The first-order chi connectivity index (χ1) is 20.7. The van der Waals surface area contributed by atoms with Crippen molar-refractivity contribution in [2.75, 3.05) is 32.1 Å². The van der Waals surface area contributed by atoms with E-state index in [0.717, 1.165) is 0 Å². The number of aromatic nitrogens is 4. The molecule has 224 valence electrons. The smallest absolute Gasteiger partial charge is 0.259 e. The molecule has 14 heteroatoms. The van der Waals surface area contributed by atoms with Crippen LogP contribution in [-0.2, 0) is 18.6 Å². The molecule has 13 nitrogen and oxygen atoms in total. The van der Waals surface area contributed by atoms with Crippen LogP contribution in [0.3, 0.4) is 0 Å². The number of nitrogens with zero attached hydrogens (tertiary/aromatic N) is 7. The highest BCUT2D eigenvalue weighted by molar-refractivity contribution is 7.44. The number of hydroxylamine groups is 2. The van der Waals surface area contributed by atoms with Crippen LogP contribution in [0.5, 0.6) is 0 Å². The lowest BCUT2D eigenvalue weighted by atomic mass is 10.0. The lowest BCUT2D eigenvalue weighted by molar-refractivity contribution is -0.230. The molecule has 0 saturated carbocycles. The van der Waals surface area contributed by atoms with Crippen molar-refractivity contribution in [3.05, 3.63) is 60.0 Å². The van der Waals surface area contributed by atoms with Gasteiger partial charge in [-0.3, -0.25) is 9.36 Å². The van der Waals surface area contributed by atoms with Crippen LogP contribution in [0, 0.1) is 6.57 Å². The number of hydrogen-bond donors (Lipinski definition) is 1. The van der Waals surface area contributed by atoms with Crippen LogP contribution in [0.2, 0.25) is 0 Å². The Kier molecular flexibility index (Phi) is 8.74. The Morgan fingerprint density at radius 1 is 1.29 bits per heavy atom. The summed E-state index contributed by atoms with van der Waals surface area (Å²) in [7, 11) is -0.0177. The van der Waals surface area contributed by atoms with Gasteiger partial charge in [0.2, 0.25) is 6.54 Å². The van der Waals surface area contributed by atoms with Gasteiger partial charge in [0.05, 0.1) is 20.0 Å². The van der Waals surface area contributed by atoms with E-state index in [0.29, 0.717) is 23.3 Å². The fraction of sp³-hybridized carbons (Fsp3) is 0.536. The number of morpholine rings is 1. The van der Waals surface area contributed by atoms with Gasteiger partial charge in [-0.2, -0.15) is 5.06 Å². The number of fused-ring (bicyclic) bond motifs is 3. The zero-order chi connectivity index (χ0) is 30.7. The summed E-state index contributed by atoms with van der Waals surface area (Å²) in [6.07, 6.45) is 1.69.